The lowest BCUT2D eigenvalue weighted by Crippen LogP contribution is -2.47. The summed E-state index contributed by atoms with van der Waals surface area (Å²) >= 11 is 1.44. The molecule has 1 atom stereocenters. The first-order valence-electron chi connectivity index (χ1n) is 11.8. The molecule has 1 aromatic carbocycles. The van der Waals surface area contributed by atoms with Crippen LogP contribution in [-0.4, -0.2) is 85.8 Å². The lowest BCUT2D eigenvalue weighted by molar-refractivity contribution is -0.138. The first-order chi connectivity index (χ1) is 17.4. The molecule has 0 aliphatic carbocycles. The molecule has 9 nitrogen and oxygen atoms in total. The Morgan fingerprint density at radius 2 is 1.94 bits per heavy atom. The lowest BCUT2D eigenvalue weighted by Gasteiger charge is -2.38. The van der Waals surface area contributed by atoms with Crippen molar-refractivity contribution in [3.05, 3.63) is 58.8 Å². The van der Waals surface area contributed by atoms with Crippen LogP contribution in [0.5, 0.6) is 11.5 Å². The number of thioether (sulfide) groups is 1. The van der Waals surface area contributed by atoms with Crippen molar-refractivity contribution >= 4 is 28.8 Å². The van der Waals surface area contributed by atoms with Gasteiger partial charge in [0.05, 0.1) is 38.0 Å². The van der Waals surface area contributed by atoms with Gasteiger partial charge in [-0.1, -0.05) is 36.5 Å². The van der Waals surface area contributed by atoms with Crippen LogP contribution in [0.25, 0.3) is 0 Å². The summed E-state index contributed by atoms with van der Waals surface area (Å²) in [7, 11) is 5.20. The Balaban J connectivity index is 1.74. The van der Waals surface area contributed by atoms with Crippen LogP contribution in [0, 0.1) is 0 Å². The van der Waals surface area contributed by atoms with Gasteiger partial charge >= 0.3 is 5.97 Å². The minimum atomic E-state index is -0.610. The third-order valence-electron chi connectivity index (χ3n) is 6.47. The van der Waals surface area contributed by atoms with E-state index in [-0.39, 0.29) is 18.9 Å². The number of amidine groups is 1. The molecule has 0 unspecified atom stereocenters. The van der Waals surface area contributed by atoms with E-state index in [1.54, 1.807) is 27.2 Å². The highest BCUT2D eigenvalue weighted by Crippen LogP contribution is 2.48. The first kappa shape index (κ1) is 25.8. The van der Waals surface area contributed by atoms with Gasteiger partial charge in [0.1, 0.15) is 6.61 Å². The topological polar surface area (TPSA) is 83.9 Å². The van der Waals surface area contributed by atoms with Crippen LogP contribution in [0.3, 0.4) is 0 Å². The highest BCUT2D eigenvalue weighted by Gasteiger charge is 2.43. The van der Waals surface area contributed by atoms with Gasteiger partial charge in [-0.25, -0.2) is 9.79 Å². The van der Waals surface area contributed by atoms with Crippen molar-refractivity contribution in [3.8, 4) is 11.5 Å². The quantitative estimate of drug-likeness (QED) is 0.388. The number of hydrogen-bond acceptors (Lipinski definition) is 9. The number of nitrogens with zero attached hydrogens (tertiary/aromatic N) is 4. The number of hydrogen-bond donors (Lipinski definition) is 0. The zero-order chi connectivity index (χ0) is 25.8. The van der Waals surface area contributed by atoms with Gasteiger partial charge in [0.25, 0.3) is 0 Å². The minimum absolute atomic E-state index is 0.0506. The number of benzene rings is 1. The van der Waals surface area contributed by atoms with Crippen molar-refractivity contribution in [2.75, 3.05) is 54.1 Å². The number of rotatable bonds is 8. The number of esters is 1. The van der Waals surface area contributed by atoms with Crippen LogP contribution in [0.2, 0.25) is 0 Å². The number of fused-ring (bicyclic) bond motifs is 1. The van der Waals surface area contributed by atoms with Crippen molar-refractivity contribution in [3.63, 3.8) is 0 Å². The van der Waals surface area contributed by atoms with E-state index in [4.69, 9.17) is 19.2 Å². The number of ether oxygens (including phenoxy) is 3. The number of aliphatic imine (C=N–C) groups is 1. The summed E-state index contributed by atoms with van der Waals surface area (Å²) < 4.78 is 16.8. The van der Waals surface area contributed by atoms with Gasteiger partial charge < -0.3 is 28.9 Å². The number of carbonyl (C=O) groups excluding carboxylic acids is 2. The maximum atomic E-state index is 13.3. The van der Waals surface area contributed by atoms with Gasteiger partial charge in [0.15, 0.2) is 16.7 Å². The number of carbonyl (C=O) groups is 2. The number of methoxy groups -OCH3 is 2. The molecule has 0 N–H and O–H groups in total. The van der Waals surface area contributed by atoms with Gasteiger partial charge in [-0.15, -0.1) is 0 Å². The Labute approximate surface area is 216 Å². The lowest BCUT2D eigenvalue weighted by atomic mass is 9.92. The summed E-state index contributed by atoms with van der Waals surface area (Å²) in [5.74, 6) is 0.609. The highest BCUT2D eigenvalue weighted by molar-refractivity contribution is 8.16. The van der Waals surface area contributed by atoms with Gasteiger partial charge in [0.2, 0.25) is 5.91 Å². The minimum Gasteiger partial charge on any atom is -0.493 e. The smallest absolute Gasteiger partial charge is 0.338 e. The van der Waals surface area contributed by atoms with E-state index in [1.807, 2.05) is 27.3 Å². The molecule has 0 aromatic heterocycles. The molecular weight excluding hydrogens is 480 g/mol. The van der Waals surface area contributed by atoms with E-state index in [0.29, 0.717) is 41.0 Å². The molecule has 1 fully saturated rings. The second-order valence-electron chi connectivity index (χ2n) is 8.72. The summed E-state index contributed by atoms with van der Waals surface area (Å²) in [6, 6.07) is 4.94. The van der Waals surface area contributed by atoms with Crippen LogP contribution in [0.4, 0.5) is 0 Å². The average molecular weight is 513 g/mol. The van der Waals surface area contributed by atoms with E-state index in [1.165, 1.54) is 17.8 Å². The van der Waals surface area contributed by atoms with Gasteiger partial charge in [-0.2, -0.15) is 0 Å². The molecule has 1 aromatic rings. The molecule has 3 aliphatic heterocycles. The Bertz CT molecular complexity index is 1140. The van der Waals surface area contributed by atoms with Gasteiger partial charge in [-0.05, 0) is 25.4 Å². The fourth-order valence-electron chi connectivity index (χ4n) is 4.59. The molecule has 0 spiro atoms. The molecule has 3 heterocycles. The normalized spacial score (nSPS) is 19.9. The Kier molecular flexibility index (Phi) is 8.05. The molecule has 0 saturated carbocycles. The fourth-order valence-corrected chi connectivity index (χ4v) is 5.55. The monoisotopic (exact) mass is 512 g/mol. The molecule has 1 saturated heterocycles. The molecule has 36 heavy (non-hydrogen) atoms. The zero-order valence-electron chi connectivity index (χ0n) is 21.2. The zero-order valence-corrected chi connectivity index (χ0v) is 22.0. The number of allylic oxidation sites excluding steroid dienone is 1. The number of likely N-dealkylation sites (N-methyl/N-ethyl adjacent to an activating group) is 1. The predicted molar refractivity (Wildman–Crippen MR) is 140 cm³/mol. The number of para-hydroxylation sites is 1. The largest absolute Gasteiger partial charge is 0.493 e. The molecule has 192 valence electrons. The Morgan fingerprint density at radius 3 is 2.61 bits per heavy atom. The second-order valence-corrected chi connectivity index (χ2v) is 9.56. The fraction of sp³-hybridized carbons (Fsp3) is 0.423. The molecule has 1 amide bonds. The van der Waals surface area contributed by atoms with Gasteiger partial charge in [-0.3, -0.25) is 4.79 Å². The van der Waals surface area contributed by atoms with Crippen molar-refractivity contribution in [1.82, 2.24) is 14.7 Å². The molecule has 0 radical (unpaired) electrons. The molecule has 3 aliphatic rings. The summed E-state index contributed by atoms with van der Waals surface area (Å²) in [4.78, 5) is 37.3. The third kappa shape index (κ3) is 5.01. The van der Waals surface area contributed by atoms with Crippen molar-refractivity contribution in [2.45, 2.75) is 19.4 Å². The van der Waals surface area contributed by atoms with E-state index >= 15 is 0 Å². The van der Waals surface area contributed by atoms with Crippen molar-refractivity contribution < 1.29 is 23.8 Å². The molecule has 0 bridgehead atoms. The average Bonchev–Trinajstić information content (AvgIpc) is 3.27. The Morgan fingerprint density at radius 1 is 1.19 bits per heavy atom. The van der Waals surface area contributed by atoms with Gasteiger partial charge in [0, 0.05) is 37.4 Å². The maximum Gasteiger partial charge on any atom is 0.338 e. The maximum absolute atomic E-state index is 13.3. The van der Waals surface area contributed by atoms with E-state index in [9.17, 15) is 9.59 Å². The Hall–Kier alpha value is -3.24. The van der Waals surface area contributed by atoms with E-state index in [0.717, 1.165) is 24.4 Å². The van der Waals surface area contributed by atoms with Crippen LogP contribution in [0.15, 0.2) is 58.2 Å². The van der Waals surface area contributed by atoms with Crippen LogP contribution >= 0.6 is 11.8 Å². The van der Waals surface area contributed by atoms with Crippen LogP contribution in [-0.2, 0) is 14.3 Å². The second kappa shape index (κ2) is 11.2. The SMILES string of the molecule is C=CCOC(=O)C1=C(C)N=C2SC=C(CC(=O)N3CCN(C)CC3)N2[C@H]1c1cccc(OC)c1OC. The summed E-state index contributed by atoms with van der Waals surface area (Å²) in [5.41, 5.74) is 2.43. The van der Waals surface area contributed by atoms with Crippen LogP contribution in [0.1, 0.15) is 24.9 Å². The third-order valence-corrected chi connectivity index (χ3v) is 7.36. The molecule has 4 rings (SSSR count). The summed E-state index contributed by atoms with van der Waals surface area (Å²) in [5, 5.41) is 2.64. The highest BCUT2D eigenvalue weighted by atomic mass is 32.2. The summed E-state index contributed by atoms with van der Waals surface area (Å²) in [6.45, 7) is 8.61. The standard InChI is InChI=1S/C26H32N4O5S/c1-6-14-35-25(32)22-17(2)27-26-30(23(22)19-8-7-9-20(33-4)24(19)34-5)18(16-36-26)15-21(31)29-12-10-28(3)11-13-29/h6-9,16,23H,1,10-15H2,2-5H3/t23-/m0/s1. The number of amides is 1. The summed E-state index contributed by atoms with van der Waals surface area (Å²) in [6.07, 6.45) is 1.73. The van der Waals surface area contributed by atoms with E-state index in [2.05, 4.69) is 18.5 Å². The molecule has 10 heteroatoms. The first-order valence-corrected chi connectivity index (χ1v) is 12.7. The van der Waals surface area contributed by atoms with Crippen molar-refractivity contribution in [1.29, 1.82) is 0 Å². The molecular formula is C26H32N4O5S. The van der Waals surface area contributed by atoms with Crippen molar-refractivity contribution in [2.24, 2.45) is 4.99 Å². The predicted octanol–water partition coefficient (Wildman–Crippen LogP) is 3.17. The van der Waals surface area contributed by atoms with E-state index < -0.39 is 12.0 Å². The number of piperazine rings is 1. The van der Waals surface area contributed by atoms with Crippen LogP contribution < -0.4 is 9.47 Å².